The molecule has 0 aliphatic rings. The van der Waals surface area contributed by atoms with Crippen LogP contribution in [0.1, 0.15) is 42.0 Å². The Morgan fingerprint density at radius 2 is 2.19 bits per heavy atom. The quantitative estimate of drug-likeness (QED) is 0.910. The van der Waals surface area contributed by atoms with Gasteiger partial charge in [-0.15, -0.1) is 0 Å². The molecular weight excluding hydrogens is 282 g/mol. The topological polar surface area (TPSA) is 80.9 Å². The lowest BCUT2D eigenvalue weighted by Crippen LogP contribution is -2.27. The fourth-order valence-corrected chi connectivity index (χ4v) is 1.55. The highest BCUT2D eigenvalue weighted by molar-refractivity contribution is 5.92. The number of halogens is 2. The monoisotopic (exact) mass is 296 g/mol. The van der Waals surface area contributed by atoms with Gasteiger partial charge in [0.05, 0.1) is 6.20 Å². The molecule has 2 heterocycles. The second kappa shape index (κ2) is 6.38. The summed E-state index contributed by atoms with van der Waals surface area (Å²) in [6.45, 7) is 4.04. The maximum atomic E-state index is 13.3. The zero-order valence-electron chi connectivity index (χ0n) is 11.6. The molecule has 112 valence electrons. The summed E-state index contributed by atoms with van der Waals surface area (Å²) in [7, 11) is 0. The molecule has 2 aromatic rings. The molecule has 1 amide bonds. The SMILES string of the molecule is CC(C)c1noc(CCNC(=O)c2ncc(F)cc2F)n1. The largest absolute Gasteiger partial charge is 0.350 e. The van der Waals surface area contributed by atoms with Gasteiger partial charge in [-0.3, -0.25) is 4.79 Å². The van der Waals surface area contributed by atoms with Crippen LogP contribution in [0.15, 0.2) is 16.8 Å². The van der Waals surface area contributed by atoms with Crippen molar-refractivity contribution in [2.24, 2.45) is 0 Å². The molecule has 0 fully saturated rings. The Bertz CT molecular complexity index is 643. The summed E-state index contributed by atoms with van der Waals surface area (Å²) in [5.74, 6) is -1.46. The van der Waals surface area contributed by atoms with Crippen LogP contribution in [0.2, 0.25) is 0 Å². The van der Waals surface area contributed by atoms with E-state index in [0.717, 1.165) is 6.20 Å². The Hall–Kier alpha value is -2.38. The van der Waals surface area contributed by atoms with E-state index in [4.69, 9.17) is 4.52 Å². The number of hydrogen-bond acceptors (Lipinski definition) is 5. The lowest BCUT2D eigenvalue weighted by molar-refractivity contribution is 0.0944. The molecule has 2 aromatic heterocycles. The van der Waals surface area contributed by atoms with Crippen LogP contribution in [-0.4, -0.2) is 27.6 Å². The third kappa shape index (κ3) is 3.80. The first-order valence-electron chi connectivity index (χ1n) is 6.39. The highest BCUT2D eigenvalue weighted by atomic mass is 19.1. The van der Waals surface area contributed by atoms with Crippen LogP contribution in [0.3, 0.4) is 0 Å². The number of amides is 1. The van der Waals surface area contributed by atoms with E-state index < -0.39 is 23.2 Å². The summed E-state index contributed by atoms with van der Waals surface area (Å²) in [5, 5.41) is 6.24. The fraction of sp³-hybridized carbons (Fsp3) is 0.385. The van der Waals surface area contributed by atoms with Gasteiger partial charge in [-0.1, -0.05) is 19.0 Å². The molecule has 1 N–H and O–H groups in total. The predicted molar refractivity (Wildman–Crippen MR) is 68.6 cm³/mol. The van der Waals surface area contributed by atoms with Gasteiger partial charge in [0.15, 0.2) is 17.3 Å². The molecule has 0 spiro atoms. The van der Waals surface area contributed by atoms with E-state index in [0.29, 0.717) is 24.2 Å². The summed E-state index contributed by atoms with van der Waals surface area (Å²) < 4.78 is 31.0. The Balaban J connectivity index is 1.89. The van der Waals surface area contributed by atoms with Gasteiger partial charge in [0.25, 0.3) is 5.91 Å². The van der Waals surface area contributed by atoms with Crippen molar-refractivity contribution in [1.29, 1.82) is 0 Å². The van der Waals surface area contributed by atoms with Crippen molar-refractivity contribution < 1.29 is 18.1 Å². The van der Waals surface area contributed by atoms with Gasteiger partial charge in [0.2, 0.25) is 5.89 Å². The van der Waals surface area contributed by atoms with Gasteiger partial charge < -0.3 is 9.84 Å². The van der Waals surface area contributed by atoms with Crippen molar-refractivity contribution in [3.63, 3.8) is 0 Å². The number of pyridine rings is 1. The second-order valence-electron chi connectivity index (χ2n) is 4.69. The summed E-state index contributed by atoms with van der Waals surface area (Å²) in [6.07, 6.45) is 1.10. The van der Waals surface area contributed by atoms with Crippen molar-refractivity contribution in [2.45, 2.75) is 26.2 Å². The van der Waals surface area contributed by atoms with Crippen LogP contribution in [0.5, 0.6) is 0 Å². The second-order valence-corrected chi connectivity index (χ2v) is 4.69. The van der Waals surface area contributed by atoms with Gasteiger partial charge in [-0.05, 0) is 0 Å². The van der Waals surface area contributed by atoms with Gasteiger partial charge >= 0.3 is 0 Å². The highest BCUT2D eigenvalue weighted by Gasteiger charge is 2.15. The standard InChI is InChI=1S/C13H14F2N4O2/c1-7(2)12-18-10(21-19-12)3-4-16-13(20)11-9(15)5-8(14)6-17-11/h5-7H,3-4H2,1-2H3,(H,16,20). The molecule has 8 heteroatoms. The van der Waals surface area contributed by atoms with Gasteiger partial charge in [0, 0.05) is 24.9 Å². The van der Waals surface area contributed by atoms with E-state index in [9.17, 15) is 13.6 Å². The van der Waals surface area contributed by atoms with Crippen molar-refractivity contribution in [3.8, 4) is 0 Å². The lowest BCUT2D eigenvalue weighted by atomic mass is 10.2. The first kappa shape index (κ1) is 15.0. The summed E-state index contributed by atoms with van der Waals surface area (Å²) >= 11 is 0. The van der Waals surface area contributed by atoms with Crippen LogP contribution in [0.25, 0.3) is 0 Å². The Morgan fingerprint density at radius 1 is 1.43 bits per heavy atom. The molecule has 0 aliphatic carbocycles. The van der Waals surface area contributed by atoms with E-state index in [1.807, 2.05) is 13.8 Å². The van der Waals surface area contributed by atoms with E-state index in [2.05, 4.69) is 20.4 Å². The normalized spacial score (nSPS) is 10.9. The number of rotatable bonds is 5. The van der Waals surface area contributed by atoms with E-state index >= 15 is 0 Å². The van der Waals surface area contributed by atoms with Crippen molar-refractivity contribution >= 4 is 5.91 Å². The Labute approximate surface area is 119 Å². The third-order valence-corrected chi connectivity index (χ3v) is 2.65. The Kier molecular flexibility index (Phi) is 4.56. The lowest BCUT2D eigenvalue weighted by Gasteiger charge is -2.03. The van der Waals surface area contributed by atoms with Gasteiger partial charge in [-0.25, -0.2) is 13.8 Å². The molecule has 0 bridgehead atoms. The average Bonchev–Trinajstić information content (AvgIpc) is 2.87. The van der Waals surface area contributed by atoms with Crippen LogP contribution >= 0.6 is 0 Å². The molecule has 0 aromatic carbocycles. The minimum atomic E-state index is -1.01. The number of hydrogen-bond donors (Lipinski definition) is 1. The van der Waals surface area contributed by atoms with Gasteiger partial charge in [0.1, 0.15) is 5.82 Å². The molecule has 2 rings (SSSR count). The molecule has 0 atom stereocenters. The number of nitrogens with zero attached hydrogens (tertiary/aromatic N) is 3. The van der Waals surface area contributed by atoms with Crippen molar-refractivity contribution in [1.82, 2.24) is 20.4 Å². The predicted octanol–water partition coefficient (Wildman–Crippen LogP) is 1.84. The maximum absolute atomic E-state index is 13.3. The molecular formula is C13H14F2N4O2. The van der Waals surface area contributed by atoms with Gasteiger partial charge in [-0.2, -0.15) is 4.98 Å². The number of aromatic nitrogens is 3. The Morgan fingerprint density at radius 3 is 2.81 bits per heavy atom. The number of nitrogens with one attached hydrogen (secondary N) is 1. The first-order valence-corrected chi connectivity index (χ1v) is 6.39. The maximum Gasteiger partial charge on any atom is 0.272 e. The van der Waals surface area contributed by atoms with E-state index in [1.165, 1.54) is 0 Å². The molecule has 0 aliphatic heterocycles. The molecule has 0 radical (unpaired) electrons. The van der Waals surface area contributed by atoms with Crippen LogP contribution in [-0.2, 0) is 6.42 Å². The van der Waals surface area contributed by atoms with Crippen LogP contribution in [0.4, 0.5) is 8.78 Å². The summed E-state index contributed by atoms with van der Waals surface area (Å²) in [5.41, 5.74) is -0.454. The molecule has 0 unspecified atom stereocenters. The summed E-state index contributed by atoms with van der Waals surface area (Å²) in [4.78, 5) is 19.2. The zero-order chi connectivity index (χ0) is 15.4. The smallest absolute Gasteiger partial charge is 0.272 e. The minimum absolute atomic E-state index is 0.148. The van der Waals surface area contributed by atoms with Crippen molar-refractivity contribution in [2.75, 3.05) is 6.54 Å². The summed E-state index contributed by atoms with van der Waals surface area (Å²) in [6, 6.07) is 0.606. The zero-order valence-corrected chi connectivity index (χ0v) is 11.6. The average molecular weight is 296 g/mol. The van der Waals surface area contributed by atoms with Crippen LogP contribution < -0.4 is 5.32 Å². The number of carbonyl (C=O) groups excluding carboxylic acids is 1. The van der Waals surface area contributed by atoms with Crippen LogP contribution in [0, 0.1) is 11.6 Å². The fourth-order valence-electron chi connectivity index (χ4n) is 1.55. The van der Waals surface area contributed by atoms with E-state index in [1.54, 1.807) is 0 Å². The molecule has 6 nitrogen and oxygen atoms in total. The molecule has 21 heavy (non-hydrogen) atoms. The minimum Gasteiger partial charge on any atom is -0.350 e. The molecule has 0 saturated carbocycles. The van der Waals surface area contributed by atoms with Crippen molar-refractivity contribution in [3.05, 3.63) is 41.3 Å². The van der Waals surface area contributed by atoms with E-state index in [-0.39, 0.29) is 12.5 Å². The number of carbonyl (C=O) groups is 1. The highest BCUT2D eigenvalue weighted by Crippen LogP contribution is 2.10. The third-order valence-electron chi connectivity index (χ3n) is 2.65. The first-order chi connectivity index (χ1) is 9.97. The molecule has 0 saturated heterocycles.